The largest absolute Gasteiger partial charge is 0.508 e. The number of likely N-dealkylation sites (tertiary alicyclic amines) is 1. The Morgan fingerprint density at radius 3 is 2.47 bits per heavy atom. The van der Waals surface area contributed by atoms with Crippen molar-refractivity contribution in [2.45, 2.75) is 32.4 Å². The van der Waals surface area contributed by atoms with Crippen LogP contribution in [0.4, 0.5) is 5.69 Å². The molecule has 2 aromatic rings. The first-order valence-electron chi connectivity index (χ1n) is 10.1. The van der Waals surface area contributed by atoms with Crippen LogP contribution in [-0.4, -0.2) is 51.0 Å². The molecule has 1 atom stereocenters. The number of carbonyl (C=O) groups is 2. The monoisotopic (exact) mass is 440 g/mol. The quantitative estimate of drug-likeness (QED) is 0.160. The molecule has 0 spiro atoms. The van der Waals surface area contributed by atoms with Crippen LogP contribution >= 0.6 is 0 Å². The number of hydrogen-bond acceptors (Lipinski definition) is 7. The summed E-state index contributed by atoms with van der Waals surface area (Å²) in [6, 6.07) is 10.2. The molecule has 1 fully saturated rings. The van der Waals surface area contributed by atoms with Gasteiger partial charge in [-0.15, -0.1) is 0 Å². The molecule has 9 nitrogen and oxygen atoms in total. The Hall–Kier alpha value is -3.72. The highest BCUT2D eigenvalue weighted by Crippen LogP contribution is 2.40. The minimum absolute atomic E-state index is 0.0226. The fraction of sp³-hybridized carbons (Fsp3) is 0.304. The van der Waals surface area contributed by atoms with Gasteiger partial charge in [0.2, 0.25) is 0 Å². The van der Waals surface area contributed by atoms with E-state index in [-0.39, 0.29) is 35.2 Å². The molecule has 0 bridgehead atoms. The van der Waals surface area contributed by atoms with Gasteiger partial charge in [0.05, 0.1) is 22.6 Å². The van der Waals surface area contributed by atoms with Crippen LogP contribution in [-0.2, 0) is 14.3 Å². The average molecular weight is 440 g/mol. The number of Topliss-reactive ketones (excluding diaryl/α,β-unsaturated/α-hetero) is 1. The highest BCUT2D eigenvalue weighted by molar-refractivity contribution is 6.46. The topological polar surface area (TPSA) is 130 Å². The second-order valence-electron chi connectivity index (χ2n) is 7.66. The molecule has 0 aliphatic carbocycles. The number of aliphatic hydroxyl groups excluding tert-OH is 1. The summed E-state index contributed by atoms with van der Waals surface area (Å²) in [5, 5.41) is 31.8. The lowest BCUT2D eigenvalue weighted by atomic mass is 9.95. The van der Waals surface area contributed by atoms with Gasteiger partial charge in [0, 0.05) is 30.8 Å². The van der Waals surface area contributed by atoms with E-state index >= 15 is 0 Å². The van der Waals surface area contributed by atoms with Crippen molar-refractivity contribution < 1.29 is 29.5 Å². The maximum Gasteiger partial charge on any atom is 0.295 e. The molecule has 1 heterocycles. The number of rotatable bonds is 8. The van der Waals surface area contributed by atoms with E-state index in [9.17, 15) is 29.9 Å². The number of nitro groups is 1. The van der Waals surface area contributed by atoms with E-state index < -0.39 is 28.4 Å². The molecule has 1 amide bonds. The van der Waals surface area contributed by atoms with Gasteiger partial charge >= 0.3 is 0 Å². The van der Waals surface area contributed by atoms with Crippen LogP contribution in [0.2, 0.25) is 0 Å². The minimum Gasteiger partial charge on any atom is -0.508 e. The summed E-state index contributed by atoms with van der Waals surface area (Å²) >= 11 is 0. The summed E-state index contributed by atoms with van der Waals surface area (Å²) in [5.41, 5.74) is 0.315. The zero-order chi connectivity index (χ0) is 23.4. The molecule has 0 aromatic heterocycles. The van der Waals surface area contributed by atoms with Crippen LogP contribution in [0.25, 0.3) is 5.76 Å². The Kier molecular flexibility index (Phi) is 6.89. The number of ether oxygens (including phenoxy) is 1. The average Bonchev–Trinajstić information content (AvgIpc) is 3.01. The zero-order valence-electron chi connectivity index (χ0n) is 17.7. The lowest BCUT2D eigenvalue weighted by Gasteiger charge is -2.25. The number of nitro benzene ring substituents is 1. The van der Waals surface area contributed by atoms with Crippen molar-refractivity contribution in [1.82, 2.24) is 4.90 Å². The summed E-state index contributed by atoms with van der Waals surface area (Å²) in [7, 11) is 0. The first-order chi connectivity index (χ1) is 15.2. The number of phenols is 1. The van der Waals surface area contributed by atoms with Crippen LogP contribution in [0.1, 0.15) is 37.4 Å². The van der Waals surface area contributed by atoms with Gasteiger partial charge in [-0.3, -0.25) is 19.7 Å². The number of hydrogen-bond donors (Lipinski definition) is 2. The number of phenolic OH excluding ortho intramolecular Hbond substituents is 1. The minimum atomic E-state index is -0.920. The van der Waals surface area contributed by atoms with Crippen LogP contribution in [0.15, 0.2) is 54.1 Å². The fourth-order valence-corrected chi connectivity index (χ4v) is 3.60. The van der Waals surface area contributed by atoms with Gasteiger partial charge in [0.15, 0.2) is 0 Å². The van der Waals surface area contributed by atoms with Crippen LogP contribution in [0.3, 0.4) is 0 Å². The van der Waals surface area contributed by atoms with Gasteiger partial charge in [-0.05, 0) is 50.1 Å². The van der Waals surface area contributed by atoms with E-state index in [4.69, 9.17) is 4.74 Å². The lowest BCUT2D eigenvalue weighted by Crippen LogP contribution is -2.31. The number of aliphatic hydroxyl groups is 1. The number of nitrogens with zero attached hydrogens (tertiary/aromatic N) is 2. The molecule has 1 aliphatic rings. The van der Waals surface area contributed by atoms with E-state index in [1.165, 1.54) is 41.3 Å². The van der Waals surface area contributed by atoms with Crippen LogP contribution < -0.4 is 0 Å². The molecule has 1 saturated heterocycles. The molecule has 2 N–H and O–H groups in total. The van der Waals surface area contributed by atoms with Gasteiger partial charge in [-0.25, -0.2) is 0 Å². The van der Waals surface area contributed by atoms with Crippen LogP contribution in [0.5, 0.6) is 5.75 Å². The summed E-state index contributed by atoms with van der Waals surface area (Å²) in [6.45, 7) is 4.37. The Morgan fingerprint density at radius 1 is 1.19 bits per heavy atom. The van der Waals surface area contributed by atoms with Crippen molar-refractivity contribution >= 4 is 23.1 Å². The predicted molar refractivity (Wildman–Crippen MR) is 116 cm³/mol. The molecule has 0 saturated carbocycles. The van der Waals surface area contributed by atoms with E-state index in [2.05, 4.69) is 0 Å². The van der Waals surface area contributed by atoms with Gasteiger partial charge in [-0.1, -0.05) is 12.1 Å². The SMILES string of the molecule is CC(C)OCCCN1C(=O)C(=O)C(=C(O)c2ccc([N+](=O)[O-])cc2)[C@H]1c1cccc(O)c1. The maximum absolute atomic E-state index is 12.9. The van der Waals surface area contributed by atoms with Crippen LogP contribution in [0, 0.1) is 10.1 Å². The lowest BCUT2D eigenvalue weighted by molar-refractivity contribution is -0.384. The van der Waals surface area contributed by atoms with Gasteiger partial charge in [0.25, 0.3) is 17.4 Å². The molecule has 9 heteroatoms. The molecular formula is C23H24N2O7. The predicted octanol–water partition coefficient (Wildman–Crippen LogP) is 3.54. The van der Waals surface area contributed by atoms with Crippen molar-refractivity contribution in [2.75, 3.05) is 13.2 Å². The smallest absolute Gasteiger partial charge is 0.295 e. The number of aromatic hydroxyl groups is 1. The van der Waals surface area contributed by atoms with Crippen molar-refractivity contribution in [3.63, 3.8) is 0 Å². The van der Waals surface area contributed by atoms with Gasteiger partial charge in [-0.2, -0.15) is 0 Å². The first-order valence-corrected chi connectivity index (χ1v) is 10.1. The third-order valence-corrected chi connectivity index (χ3v) is 5.07. The maximum atomic E-state index is 12.9. The van der Waals surface area contributed by atoms with Crippen molar-refractivity contribution in [2.24, 2.45) is 0 Å². The molecular weight excluding hydrogens is 416 g/mol. The van der Waals surface area contributed by atoms with Crippen molar-refractivity contribution in [3.05, 3.63) is 75.3 Å². The summed E-state index contributed by atoms with van der Waals surface area (Å²) in [6.07, 6.45) is 0.493. The second kappa shape index (κ2) is 9.61. The standard InChI is InChI=1S/C23H24N2O7/c1-14(2)32-12-4-11-24-20(16-5-3-6-18(26)13-16)19(22(28)23(24)29)21(27)15-7-9-17(10-8-15)25(30)31/h3,5-10,13-14,20,26-27H,4,11-12H2,1-2H3/t20-/m1/s1. The highest BCUT2D eigenvalue weighted by Gasteiger charge is 2.45. The van der Waals surface area contributed by atoms with Gasteiger partial charge < -0.3 is 19.8 Å². The third-order valence-electron chi connectivity index (χ3n) is 5.07. The summed E-state index contributed by atoms with van der Waals surface area (Å²) in [4.78, 5) is 37.4. The normalized spacial score (nSPS) is 17.8. The summed E-state index contributed by atoms with van der Waals surface area (Å²) in [5.74, 6) is -2.12. The Balaban J connectivity index is 2.03. The number of amides is 1. The molecule has 32 heavy (non-hydrogen) atoms. The molecule has 168 valence electrons. The Bertz CT molecular complexity index is 1060. The van der Waals surface area contributed by atoms with E-state index in [0.29, 0.717) is 18.6 Å². The Morgan fingerprint density at radius 2 is 1.88 bits per heavy atom. The molecule has 0 unspecified atom stereocenters. The molecule has 3 rings (SSSR count). The number of ketones is 1. The van der Waals surface area contributed by atoms with Gasteiger partial charge in [0.1, 0.15) is 11.5 Å². The first kappa shape index (κ1) is 23.0. The molecule has 2 aromatic carbocycles. The second-order valence-corrected chi connectivity index (χ2v) is 7.66. The number of non-ortho nitro benzene ring substituents is 1. The van der Waals surface area contributed by atoms with E-state index in [1.807, 2.05) is 13.8 Å². The third kappa shape index (κ3) is 4.78. The highest BCUT2D eigenvalue weighted by atomic mass is 16.6. The van der Waals surface area contributed by atoms with E-state index in [1.54, 1.807) is 12.1 Å². The fourth-order valence-electron chi connectivity index (χ4n) is 3.60. The summed E-state index contributed by atoms with van der Waals surface area (Å²) < 4.78 is 5.52. The van der Waals surface area contributed by atoms with Crippen molar-refractivity contribution in [3.8, 4) is 5.75 Å². The molecule has 0 radical (unpaired) electrons. The number of carbonyl (C=O) groups excluding carboxylic acids is 2. The number of benzene rings is 2. The van der Waals surface area contributed by atoms with Crippen molar-refractivity contribution in [1.29, 1.82) is 0 Å². The molecule has 1 aliphatic heterocycles. The van der Waals surface area contributed by atoms with E-state index in [0.717, 1.165) is 0 Å². The zero-order valence-corrected chi connectivity index (χ0v) is 17.7. The Labute approximate surface area is 184 Å².